The lowest BCUT2D eigenvalue weighted by molar-refractivity contribution is 0.0948. The fourth-order valence-electron chi connectivity index (χ4n) is 1.77. The molecule has 1 aromatic heterocycles. The number of aromatic nitrogens is 2. The van der Waals surface area contributed by atoms with Crippen LogP contribution in [0, 0.1) is 0 Å². The predicted molar refractivity (Wildman–Crippen MR) is 75.5 cm³/mol. The minimum Gasteiger partial charge on any atom is -0.496 e. The van der Waals surface area contributed by atoms with Crippen LogP contribution in [-0.4, -0.2) is 29.5 Å². The molecule has 1 aromatic carbocycles. The lowest BCUT2D eigenvalue weighted by Crippen LogP contribution is -2.26. The quantitative estimate of drug-likeness (QED) is 0.848. The van der Waals surface area contributed by atoms with Crippen LogP contribution < -0.4 is 15.8 Å². The minimum absolute atomic E-state index is 0.249. The third-order valence-electron chi connectivity index (χ3n) is 2.78. The molecule has 1 amide bonds. The number of rotatable bonds is 5. The van der Waals surface area contributed by atoms with Crippen LogP contribution in [0.5, 0.6) is 5.75 Å². The molecular weight excluding hydrogens is 256 g/mol. The lowest BCUT2D eigenvalue weighted by atomic mass is 10.1. The summed E-state index contributed by atoms with van der Waals surface area (Å²) in [6.07, 6.45) is 3.39. The van der Waals surface area contributed by atoms with Crippen LogP contribution in [0.4, 0.5) is 5.82 Å². The van der Waals surface area contributed by atoms with Crippen molar-refractivity contribution in [1.82, 2.24) is 15.3 Å². The minimum atomic E-state index is -0.271. The van der Waals surface area contributed by atoms with E-state index in [0.29, 0.717) is 13.0 Å². The molecular formula is C14H16N4O2. The molecule has 104 valence electrons. The van der Waals surface area contributed by atoms with Gasteiger partial charge in [0, 0.05) is 6.54 Å². The van der Waals surface area contributed by atoms with Gasteiger partial charge in [0.2, 0.25) is 0 Å². The second-order valence-electron chi connectivity index (χ2n) is 4.14. The van der Waals surface area contributed by atoms with E-state index in [1.807, 2.05) is 24.3 Å². The molecule has 0 fully saturated rings. The van der Waals surface area contributed by atoms with Crippen molar-refractivity contribution in [2.75, 3.05) is 19.4 Å². The summed E-state index contributed by atoms with van der Waals surface area (Å²) in [5.41, 5.74) is 6.71. The summed E-state index contributed by atoms with van der Waals surface area (Å²) >= 11 is 0. The molecule has 0 atom stereocenters. The van der Waals surface area contributed by atoms with Gasteiger partial charge in [0.05, 0.1) is 19.5 Å². The van der Waals surface area contributed by atoms with Gasteiger partial charge in [0.25, 0.3) is 5.91 Å². The number of benzene rings is 1. The largest absolute Gasteiger partial charge is 0.496 e. The maximum absolute atomic E-state index is 11.8. The molecule has 1 heterocycles. The number of methoxy groups -OCH3 is 1. The number of para-hydroxylation sites is 1. The fourth-order valence-corrected chi connectivity index (χ4v) is 1.77. The van der Waals surface area contributed by atoms with E-state index in [0.717, 1.165) is 11.3 Å². The highest BCUT2D eigenvalue weighted by Crippen LogP contribution is 2.17. The highest BCUT2D eigenvalue weighted by Gasteiger charge is 2.07. The first-order chi connectivity index (χ1) is 9.70. The number of hydrogen-bond donors (Lipinski definition) is 2. The fraction of sp³-hybridized carbons (Fsp3) is 0.214. The van der Waals surface area contributed by atoms with Crippen LogP contribution in [0.1, 0.15) is 16.1 Å². The van der Waals surface area contributed by atoms with Crippen molar-refractivity contribution in [1.29, 1.82) is 0 Å². The molecule has 6 heteroatoms. The number of nitrogens with zero attached hydrogens (tertiary/aromatic N) is 2. The second-order valence-corrected chi connectivity index (χ2v) is 4.14. The van der Waals surface area contributed by atoms with Crippen LogP contribution in [0.25, 0.3) is 0 Å². The molecule has 0 radical (unpaired) electrons. The lowest BCUT2D eigenvalue weighted by Gasteiger charge is -2.08. The van der Waals surface area contributed by atoms with Crippen LogP contribution in [0.2, 0.25) is 0 Å². The van der Waals surface area contributed by atoms with Gasteiger partial charge in [-0.05, 0) is 18.1 Å². The topological polar surface area (TPSA) is 90.1 Å². The molecule has 20 heavy (non-hydrogen) atoms. The smallest absolute Gasteiger partial charge is 0.271 e. The number of carbonyl (C=O) groups excluding carboxylic acids is 1. The number of hydrogen-bond acceptors (Lipinski definition) is 5. The summed E-state index contributed by atoms with van der Waals surface area (Å²) in [6.45, 7) is 0.491. The zero-order chi connectivity index (χ0) is 14.4. The van der Waals surface area contributed by atoms with Crippen LogP contribution in [0.3, 0.4) is 0 Å². The molecule has 0 unspecified atom stereocenters. The van der Waals surface area contributed by atoms with E-state index < -0.39 is 0 Å². The SMILES string of the molecule is COc1ccccc1CCNC(=O)c1cnc(N)cn1. The Balaban J connectivity index is 1.89. The van der Waals surface area contributed by atoms with Gasteiger partial charge in [-0.1, -0.05) is 18.2 Å². The first-order valence-corrected chi connectivity index (χ1v) is 6.18. The summed E-state index contributed by atoms with van der Waals surface area (Å²) in [7, 11) is 1.63. The van der Waals surface area contributed by atoms with Crippen molar-refractivity contribution >= 4 is 11.7 Å². The Kier molecular flexibility index (Phi) is 4.49. The Labute approximate surface area is 117 Å². The molecule has 0 aliphatic rings. The Hall–Kier alpha value is -2.63. The zero-order valence-corrected chi connectivity index (χ0v) is 11.2. The molecule has 0 saturated carbocycles. The molecule has 0 spiro atoms. The molecule has 0 aliphatic carbocycles. The Morgan fingerprint density at radius 1 is 1.30 bits per heavy atom. The van der Waals surface area contributed by atoms with Crippen LogP contribution in [0.15, 0.2) is 36.7 Å². The van der Waals surface area contributed by atoms with Gasteiger partial charge in [-0.15, -0.1) is 0 Å². The number of nitrogen functional groups attached to an aromatic ring is 1. The van der Waals surface area contributed by atoms with Gasteiger partial charge in [-0.3, -0.25) is 4.79 Å². The van der Waals surface area contributed by atoms with Crippen molar-refractivity contribution in [3.8, 4) is 5.75 Å². The van der Waals surface area contributed by atoms with E-state index in [4.69, 9.17) is 10.5 Å². The maximum atomic E-state index is 11.8. The van der Waals surface area contributed by atoms with E-state index >= 15 is 0 Å². The van der Waals surface area contributed by atoms with E-state index in [1.165, 1.54) is 12.4 Å². The maximum Gasteiger partial charge on any atom is 0.271 e. The monoisotopic (exact) mass is 272 g/mol. The molecule has 6 nitrogen and oxygen atoms in total. The zero-order valence-electron chi connectivity index (χ0n) is 11.2. The van der Waals surface area contributed by atoms with Crippen molar-refractivity contribution in [2.45, 2.75) is 6.42 Å². The number of nitrogens with two attached hydrogens (primary N) is 1. The van der Waals surface area contributed by atoms with E-state index in [9.17, 15) is 4.79 Å². The van der Waals surface area contributed by atoms with Gasteiger partial charge in [-0.2, -0.15) is 0 Å². The molecule has 2 rings (SSSR count). The van der Waals surface area contributed by atoms with Gasteiger partial charge in [-0.25, -0.2) is 9.97 Å². The molecule has 2 aromatic rings. The number of amides is 1. The predicted octanol–water partition coefficient (Wildman–Crippen LogP) is 1.04. The number of carbonyl (C=O) groups is 1. The second kappa shape index (κ2) is 6.51. The molecule has 0 saturated heterocycles. The first-order valence-electron chi connectivity index (χ1n) is 6.18. The summed E-state index contributed by atoms with van der Waals surface area (Å²) in [5.74, 6) is 0.831. The van der Waals surface area contributed by atoms with E-state index in [1.54, 1.807) is 7.11 Å². The van der Waals surface area contributed by atoms with Crippen molar-refractivity contribution in [3.63, 3.8) is 0 Å². The molecule has 0 aliphatic heterocycles. The summed E-state index contributed by atoms with van der Waals surface area (Å²) in [4.78, 5) is 19.6. The summed E-state index contributed by atoms with van der Waals surface area (Å²) in [5, 5.41) is 2.78. The summed E-state index contributed by atoms with van der Waals surface area (Å²) in [6, 6.07) is 7.70. The molecule has 0 bridgehead atoms. The average Bonchev–Trinajstić information content (AvgIpc) is 2.48. The third kappa shape index (κ3) is 3.44. The Bertz CT molecular complexity index is 584. The average molecular weight is 272 g/mol. The first kappa shape index (κ1) is 13.8. The Morgan fingerprint density at radius 2 is 2.10 bits per heavy atom. The number of nitrogens with one attached hydrogen (secondary N) is 1. The van der Waals surface area contributed by atoms with Crippen molar-refractivity contribution < 1.29 is 9.53 Å². The van der Waals surface area contributed by atoms with Gasteiger partial charge in [0.1, 0.15) is 17.3 Å². The van der Waals surface area contributed by atoms with Crippen molar-refractivity contribution in [3.05, 3.63) is 47.9 Å². The Morgan fingerprint density at radius 3 is 2.80 bits per heavy atom. The van der Waals surface area contributed by atoms with Gasteiger partial charge in [0.15, 0.2) is 0 Å². The summed E-state index contributed by atoms with van der Waals surface area (Å²) < 4.78 is 5.25. The van der Waals surface area contributed by atoms with Crippen LogP contribution >= 0.6 is 0 Å². The van der Waals surface area contributed by atoms with Gasteiger partial charge < -0.3 is 15.8 Å². The highest BCUT2D eigenvalue weighted by atomic mass is 16.5. The third-order valence-corrected chi connectivity index (χ3v) is 2.78. The van der Waals surface area contributed by atoms with Crippen LogP contribution in [-0.2, 0) is 6.42 Å². The van der Waals surface area contributed by atoms with Gasteiger partial charge >= 0.3 is 0 Å². The number of ether oxygens (including phenoxy) is 1. The van der Waals surface area contributed by atoms with E-state index in [2.05, 4.69) is 15.3 Å². The molecule has 3 N–H and O–H groups in total. The standard InChI is InChI=1S/C14H16N4O2/c1-20-12-5-3-2-4-10(12)6-7-16-14(19)11-8-18-13(15)9-17-11/h2-5,8-9H,6-7H2,1H3,(H2,15,18)(H,16,19). The normalized spacial score (nSPS) is 10.1. The highest BCUT2D eigenvalue weighted by molar-refractivity contribution is 5.91. The van der Waals surface area contributed by atoms with Crippen molar-refractivity contribution in [2.24, 2.45) is 0 Å². The number of anilines is 1. The van der Waals surface area contributed by atoms with E-state index in [-0.39, 0.29) is 17.4 Å².